The van der Waals surface area contributed by atoms with Crippen molar-refractivity contribution >= 4 is 11.0 Å². The van der Waals surface area contributed by atoms with Crippen molar-refractivity contribution in [3.05, 3.63) is 83.9 Å². The van der Waals surface area contributed by atoms with E-state index in [1.807, 2.05) is 18.2 Å². The molecule has 0 atom stereocenters. The molecule has 0 aliphatic rings. The highest BCUT2D eigenvalue weighted by Gasteiger charge is 2.12. The lowest BCUT2D eigenvalue weighted by Crippen LogP contribution is -2.06. The van der Waals surface area contributed by atoms with Crippen LogP contribution >= 0.6 is 0 Å². The molecule has 27 heavy (non-hydrogen) atoms. The van der Waals surface area contributed by atoms with Crippen LogP contribution in [-0.4, -0.2) is 16.2 Å². The summed E-state index contributed by atoms with van der Waals surface area (Å²) in [5.41, 5.74) is 5.86. The van der Waals surface area contributed by atoms with Gasteiger partial charge in [-0.2, -0.15) is 0 Å². The topological polar surface area (TPSA) is 27.1 Å². The van der Waals surface area contributed by atoms with E-state index in [1.54, 1.807) is 0 Å². The molecule has 3 aromatic carbocycles. The summed E-state index contributed by atoms with van der Waals surface area (Å²) in [6.07, 6.45) is 0.924. The first-order chi connectivity index (χ1) is 13.2. The van der Waals surface area contributed by atoms with Crippen LogP contribution in [0.15, 0.2) is 72.8 Å². The normalized spacial score (nSPS) is 11.0. The lowest BCUT2D eigenvalue weighted by atomic mass is 10.1. The molecule has 136 valence electrons. The number of fused-ring (bicyclic) bond motifs is 1. The summed E-state index contributed by atoms with van der Waals surface area (Å²) in [5, 5.41) is 0. The van der Waals surface area contributed by atoms with E-state index in [4.69, 9.17) is 9.72 Å². The maximum absolute atomic E-state index is 5.90. The molecule has 3 heteroatoms. The van der Waals surface area contributed by atoms with Crippen LogP contribution < -0.4 is 4.74 Å². The number of hydrogen-bond acceptors (Lipinski definition) is 2. The fourth-order valence-electron chi connectivity index (χ4n) is 3.27. The minimum Gasteiger partial charge on any atom is -0.494 e. The fraction of sp³-hybridized carbons (Fsp3) is 0.208. The minimum absolute atomic E-state index is 0.683. The molecule has 0 amide bonds. The second-order valence-electron chi connectivity index (χ2n) is 6.96. The molecule has 0 fully saturated rings. The zero-order chi connectivity index (χ0) is 18.6. The smallest absolute Gasteiger partial charge is 0.141 e. The lowest BCUT2D eigenvalue weighted by Gasteiger charge is -2.11. The van der Waals surface area contributed by atoms with Gasteiger partial charge in [0.25, 0.3) is 0 Å². The second kappa shape index (κ2) is 7.67. The van der Waals surface area contributed by atoms with E-state index in [0.29, 0.717) is 6.61 Å². The first kappa shape index (κ1) is 17.3. The highest BCUT2D eigenvalue weighted by Crippen LogP contribution is 2.25. The van der Waals surface area contributed by atoms with Gasteiger partial charge in [-0.3, -0.25) is 0 Å². The van der Waals surface area contributed by atoms with E-state index in [2.05, 4.69) is 73.0 Å². The third-order valence-electron chi connectivity index (χ3n) is 4.78. The van der Waals surface area contributed by atoms with Crippen molar-refractivity contribution in [2.24, 2.45) is 0 Å². The Morgan fingerprint density at radius 1 is 0.815 bits per heavy atom. The molecular formula is C24H24N2O. The Balaban J connectivity index is 1.53. The average Bonchev–Trinajstić information content (AvgIpc) is 3.06. The highest BCUT2D eigenvalue weighted by molar-refractivity contribution is 5.80. The van der Waals surface area contributed by atoms with Gasteiger partial charge >= 0.3 is 0 Å². The SMILES string of the molecule is Cc1ccc(OCCCn2c(-c3ccc(C)cc3)nc3ccccc32)cc1. The monoisotopic (exact) mass is 356 g/mol. The minimum atomic E-state index is 0.683. The lowest BCUT2D eigenvalue weighted by molar-refractivity contribution is 0.303. The van der Waals surface area contributed by atoms with Crippen LogP contribution in [0.25, 0.3) is 22.4 Å². The molecule has 0 aliphatic carbocycles. The van der Waals surface area contributed by atoms with Crippen LogP contribution in [0, 0.1) is 13.8 Å². The third kappa shape index (κ3) is 3.87. The molecule has 0 radical (unpaired) electrons. The number of ether oxygens (including phenoxy) is 1. The molecule has 4 aromatic rings. The number of rotatable bonds is 6. The summed E-state index contributed by atoms with van der Waals surface area (Å²) in [7, 11) is 0. The van der Waals surface area contributed by atoms with Crippen LogP contribution in [0.3, 0.4) is 0 Å². The van der Waals surface area contributed by atoms with Crippen molar-refractivity contribution in [2.75, 3.05) is 6.61 Å². The first-order valence-corrected chi connectivity index (χ1v) is 9.42. The zero-order valence-corrected chi connectivity index (χ0v) is 15.9. The van der Waals surface area contributed by atoms with Gasteiger partial charge in [0.15, 0.2) is 0 Å². The van der Waals surface area contributed by atoms with Gasteiger partial charge in [-0.25, -0.2) is 4.98 Å². The van der Waals surface area contributed by atoms with Gasteiger partial charge in [-0.1, -0.05) is 59.7 Å². The van der Waals surface area contributed by atoms with Gasteiger partial charge in [-0.05, 0) is 44.5 Å². The van der Waals surface area contributed by atoms with Crippen molar-refractivity contribution in [2.45, 2.75) is 26.8 Å². The standard InChI is InChI=1S/C24H24N2O/c1-18-8-12-20(13-9-18)24-25-22-6-3-4-7-23(22)26(24)16-5-17-27-21-14-10-19(2)11-15-21/h3-4,6-15H,5,16-17H2,1-2H3. The van der Waals surface area contributed by atoms with Crippen LogP contribution in [-0.2, 0) is 6.54 Å². The largest absolute Gasteiger partial charge is 0.494 e. The summed E-state index contributed by atoms with van der Waals surface area (Å²) in [6.45, 7) is 5.74. The summed E-state index contributed by atoms with van der Waals surface area (Å²) in [4.78, 5) is 4.88. The molecule has 0 bridgehead atoms. The molecule has 1 aromatic heterocycles. The predicted molar refractivity (Wildman–Crippen MR) is 111 cm³/mol. The summed E-state index contributed by atoms with van der Waals surface area (Å²) in [6, 6.07) is 25.1. The summed E-state index contributed by atoms with van der Waals surface area (Å²) < 4.78 is 8.20. The van der Waals surface area contributed by atoms with Crippen LogP contribution in [0.5, 0.6) is 5.75 Å². The van der Waals surface area contributed by atoms with Crippen molar-refractivity contribution < 1.29 is 4.74 Å². The second-order valence-corrected chi connectivity index (χ2v) is 6.96. The molecule has 0 aliphatic heterocycles. The number of para-hydroxylation sites is 2. The van der Waals surface area contributed by atoms with E-state index in [9.17, 15) is 0 Å². The van der Waals surface area contributed by atoms with E-state index in [0.717, 1.165) is 35.6 Å². The van der Waals surface area contributed by atoms with Crippen LogP contribution in [0.2, 0.25) is 0 Å². The van der Waals surface area contributed by atoms with Crippen molar-refractivity contribution in [3.63, 3.8) is 0 Å². The Morgan fingerprint density at radius 3 is 2.22 bits per heavy atom. The van der Waals surface area contributed by atoms with Crippen molar-refractivity contribution in [1.82, 2.24) is 9.55 Å². The number of aryl methyl sites for hydroxylation is 3. The Morgan fingerprint density at radius 2 is 1.48 bits per heavy atom. The first-order valence-electron chi connectivity index (χ1n) is 9.42. The third-order valence-corrected chi connectivity index (χ3v) is 4.78. The molecule has 0 saturated heterocycles. The van der Waals surface area contributed by atoms with Crippen molar-refractivity contribution in [3.8, 4) is 17.1 Å². The Hall–Kier alpha value is -3.07. The van der Waals surface area contributed by atoms with Crippen molar-refractivity contribution in [1.29, 1.82) is 0 Å². The summed E-state index contributed by atoms with van der Waals surface area (Å²) >= 11 is 0. The van der Waals surface area contributed by atoms with E-state index in [-0.39, 0.29) is 0 Å². The van der Waals surface area contributed by atoms with Gasteiger partial charge in [0.05, 0.1) is 17.6 Å². The summed E-state index contributed by atoms with van der Waals surface area (Å²) in [5.74, 6) is 1.95. The van der Waals surface area contributed by atoms with Gasteiger partial charge in [0.1, 0.15) is 11.6 Å². The average molecular weight is 356 g/mol. The fourth-order valence-corrected chi connectivity index (χ4v) is 3.27. The number of aromatic nitrogens is 2. The predicted octanol–water partition coefficient (Wildman–Crippen LogP) is 5.79. The zero-order valence-electron chi connectivity index (χ0n) is 15.9. The van der Waals surface area contributed by atoms with Gasteiger partial charge in [0.2, 0.25) is 0 Å². The molecule has 0 saturated carbocycles. The number of imidazole rings is 1. The van der Waals surface area contributed by atoms with E-state index in [1.165, 1.54) is 16.6 Å². The van der Waals surface area contributed by atoms with Crippen LogP contribution in [0.4, 0.5) is 0 Å². The Bertz CT molecular complexity index is 1030. The van der Waals surface area contributed by atoms with E-state index < -0.39 is 0 Å². The Kier molecular flexibility index (Phi) is 4.93. The molecule has 3 nitrogen and oxygen atoms in total. The molecule has 4 rings (SSSR count). The molecule has 0 unspecified atom stereocenters. The quantitative estimate of drug-likeness (QED) is 0.409. The molecule has 0 spiro atoms. The molecular weight excluding hydrogens is 332 g/mol. The van der Waals surface area contributed by atoms with Crippen LogP contribution in [0.1, 0.15) is 17.5 Å². The van der Waals surface area contributed by atoms with Gasteiger partial charge in [-0.15, -0.1) is 0 Å². The van der Waals surface area contributed by atoms with Gasteiger partial charge < -0.3 is 9.30 Å². The number of hydrogen-bond donors (Lipinski definition) is 0. The molecule has 1 heterocycles. The van der Waals surface area contributed by atoms with E-state index >= 15 is 0 Å². The number of benzene rings is 3. The highest BCUT2D eigenvalue weighted by atomic mass is 16.5. The Labute approximate surface area is 160 Å². The molecule has 0 N–H and O–H groups in total. The maximum atomic E-state index is 5.90. The van der Waals surface area contributed by atoms with Gasteiger partial charge in [0, 0.05) is 12.1 Å². The number of nitrogens with zero attached hydrogens (tertiary/aromatic N) is 2. The maximum Gasteiger partial charge on any atom is 0.141 e.